The summed E-state index contributed by atoms with van der Waals surface area (Å²) in [4.78, 5) is 16.4. The van der Waals surface area contributed by atoms with E-state index in [0.29, 0.717) is 29.6 Å². The Bertz CT molecular complexity index is 830. The number of halogens is 1. The van der Waals surface area contributed by atoms with Crippen molar-refractivity contribution in [2.45, 2.75) is 13.5 Å². The molecule has 0 saturated carbocycles. The molecule has 0 aliphatic heterocycles. The van der Waals surface area contributed by atoms with Crippen molar-refractivity contribution in [3.63, 3.8) is 0 Å². The number of ether oxygens (including phenoxy) is 1. The average molecular weight is 331 g/mol. The Morgan fingerprint density at radius 2 is 2.04 bits per heavy atom. The summed E-state index contributed by atoms with van der Waals surface area (Å²) in [6, 6.07) is 10.9. The van der Waals surface area contributed by atoms with Crippen molar-refractivity contribution in [2.75, 3.05) is 6.61 Å². The third-order valence-electron chi connectivity index (χ3n) is 3.21. The summed E-state index contributed by atoms with van der Waals surface area (Å²) in [5, 5.41) is 7.22. The van der Waals surface area contributed by atoms with Gasteiger partial charge >= 0.3 is 0 Å². The largest absolute Gasteiger partial charge is 0.494 e. The Morgan fingerprint density at radius 1 is 1.26 bits per heavy atom. The SMILES string of the molecule is CCOc1ccc(CNC(=O)c2cn3nc(Cl)ccc3n2)cc1. The van der Waals surface area contributed by atoms with E-state index < -0.39 is 0 Å². The van der Waals surface area contributed by atoms with Gasteiger partial charge in [-0.15, -0.1) is 0 Å². The van der Waals surface area contributed by atoms with E-state index in [-0.39, 0.29) is 5.91 Å². The molecule has 1 aromatic carbocycles. The molecule has 3 rings (SSSR count). The molecule has 0 saturated heterocycles. The van der Waals surface area contributed by atoms with Crippen molar-refractivity contribution >= 4 is 23.2 Å². The lowest BCUT2D eigenvalue weighted by atomic mass is 10.2. The molecule has 0 aliphatic rings. The number of benzene rings is 1. The zero-order chi connectivity index (χ0) is 16.2. The van der Waals surface area contributed by atoms with Crippen LogP contribution in [0.4, 0.5) is 0 Å². The van der Waals surface area contributed by atoms with E-state index in [2.05, 4.69) is 15.4 Å². The summed E-state index contributed by atoms with van der Waals surface area (Å²) < 4.78 is 6.86. The molecular formula is C16H15ClN4O2. The second kappa shape index (κ2) is 6.66. The quantitative estimate of drug-likeness (QED) is 0.781. The maximum absolute atomic E-state index is 12.2. The predicted octanol–water partition coefficient (Wildman–Crippen LogP) is 2.71. The molecule has 7 heteroatoms. The molecule has 0 unspecified atom stereocenters. The summed E-state index contributed by atoms with van der Waals surface area (Å²) in [6.45, 7) is 2.97. The van der Waals surface area contributed by atoms with E-state index in [9.17, 15) is 4.79 Å². The van der Waals surface area contributed by atoms with E-state index in [0.717, 1.165) is 11.3 Å². The fourth-order valence-corrected chi connectivity index (χ4v) is 2.26. The lowest BCUT2D eigenvalue weighted by Crippen LogP contribution is -2.23. The molecule has 6 nitrogen and oxygen atoms in total. The topological polar surface area (TPSA) is 68.5 Å². The van der Waals surface area contributed by atoms with Crippen LogP contribution in [0.3, 0.4) is 0 Å². The van der Waals surface area contributed by atoms with Gasteiger partial charge in [0.1, 0.15) is 16.6 Å². The molecule has 0 radical (unpaired) electrons. The summed E-state index contributed by atoms with van der Waals surface area (Å²) >= 11 is 5.81. The average Bonchev–Trinajstić information content (AvgIpc) is 2.97. The Balaban J connectivity index is 1.65. The number of rotatable bonds is 5. The standard InChI is InChI=1S/C16H15ClN4O2/c1-2-23-12-5-3-11(4-6-12)9-18-16(22)13-10-21-15(19-13)8-7-14(17)20-21/h3-8,10H,2,9H2,1H3,(H,18,22). The number of aromatic nitrogens is 3. The molecule has 118 valence electrons. The van der Waals surface area contributed by atoms with E-state index in [1.807, 2.05) is 31.2 Å². The van der Waals surface area contributed by atoms with Gasteiger partial charge in [0.15, 0.2) is 5.65 Å². The first-order valence-electron chi connectivity index (χ1n) is 7.17. The van der Waals surface area contributed by atoms with E-state index in [1.165, 1.54) is 4.52 Å². The molecule has 23 heavy (non-hydrogen) atoms. The lowest BCUT2D eigenvalue weighted by Gasteiger charge is -2.06. The van der Waals surface area contributed by atoms with Crippen molar-refractivity contribution in [3.05, 3.63) is 59.0 Å². The van der Waals surface area contributed by atoms with Gasteiger partial charge in [-0.25, -0.2) is 9.50 Å². The van der Waals surface area contributed by atoms with E-state index in [1.54, 1.807) is 18.3 Å². The Morgan fingerprint density at radius 3 is 2.78 bits per heavy atom. The number of amides is 1. The van der Waals surface area contributed by atoms with Crippen molar-refractivity contribution in [3.8, 4) is 5.75 Å². The van der Waals surface area contributed by atoms with Gasteiger partial charge in [-0.3, -0.25) is 4.79 Å². The second-order valence-corrected chi connectivity index (χ2v) is 5.23. The molecule has 2 aromatic heterocycles. The zero-order valence-corrected chi connectivity index (χ0v) is 13.2. The van der Waals surface area contributed by atoms with E-state index >= 15 is 0 Å². The number of fused-ring (bicyclic) bond motifs is 1. The van der Waals surface area contributed by atoms with E-state index in [4.69, 9.17) is 16.3 Å². The first-order chi connectivity index (χ1) is 11.2. The molecule has 0 aliphatic carbocycles. The highest BCUT2D eigenvalue weighted by molar-refractivity contribution is 6.29. The minimum Gasteiger partial charge on any atom is -0.494 e. The fraction of sp³-hybridized carbons (Fsp3) is 0.188. The zero-order valence-electron chi connectivity index (χ0n) is 12.5. The predicted molar refractivity (Wildman–Crippen MR) is 86.8 cm³/mol. The van der Waals surface area contributed by atoms with Crippen molar-refractivity contribution in [1.82, 2.24) is 19.9 Å². The van der Waals surface area contributed by atoms with Crippen LogP contribution in [-0.4, -0.2) is 27.1 Å². The second-order valence-electron chi connectivity index (χ2n) is 4.84. The van der Waals surface area contributed by atoms with Gasteiger partial charge in [-0.1, -0.05) is 23.7 Å². The third kappa shape index (κ3) is 3.60. The molecule has 1 amide bonds. The minimum atomic E-state index is -0.263. The molecule has 0 fully saturated rings. The van der Waals surface area contributed by atoms with Gasteiger partial charge in [0.05, 0.1) is 12.8 Å². The highest BCUT2D eigenvalue weighted by Gasteiger charge is 2.11. The van der Waals surface area contributed by atoms with Crippen LogP contribution in [0.25, 0.3) is 5.65 Å². The number of carbonyl (C=O) groups is 1. The summed E-state index contributed by atoms with van der Waals surface area (Å²) in [5.74, 6) is 0.548. The molecular weight excluding hydrogens is 316 g/mol. The fourth-order valence-electron chi connectivity index (χ4n) is 2.11. The minimum absolute atomic E-state index is 0.263. The third-order valence-corrected chi connectivity index (χ3v) is 3.41. The molecule has 1 N–H and O–H groups in total. The monoisotopic (exact) mass is 330 g/mol. The Hall–Kier alpha value is -2.60. The number of hydrogen-bond donors (Lipinski definition) is 1. The molecule has 3 aromatic rings. The number of hydrogen-bond acceptors (Lipinski definition) is 4. The van der Waals surface area contributed by atoms with Crippen LogP contribution in [-0.2, 0) is 6.54 Å². The highest BCUT2D eigenvalue weighted by Crippen LogP contribution is 2.12. The van der Waals surface area contributed by atoms with Crippen LogP contribution in [0.15, 0.2) is 42.6 Å². The number of carbonyl (C=O) groups excluding carboxylic acids is 1. The number of imidazole rings is 1. The smallest absolute Gasteiger partial charge is 0.271 e. The Labute approximate surface area is 138 Å². The van der Waals surface area contributed by atoms with Crippen LogP contribution in [0.5, 0.6) is 5.75 Å². The summed E-state index contributed by atoms with van der Waals surface area (Å²) in [7, 11) is 0. The molecule has 0 atom stereocenters. The van der Waals surface area contributed by atoms with Crippen LogP contribution in [0, 0.1) is 0 Å². The number of nitrogens with one attached hydrogen (secondary N) is 1. The molecule has 0 bridgehead atoms. The van der Waals surface area contributed by atoms with Crippen molar-refractivity contribution < 1.29 is 9.53 Å². The Kier molecular flexibility index (Phi) is 4.43. The van der Waals surface area contributed by atoms with Gasteiger partial charge in [-0.2, -0.15) is 5.10 Å². The lowest BCUT2D eigenvalue weighted by molar-refractivity contribution is 0.0946. The van der Waals surface area contributed by atoms with Gasteiger partial charge in [-0.05, 0) is 36.8 Å². The molecule has 2 heterocycles. The van der Waals surface area contributed by atoms with Crippen LogP contribution < -0.4 is 10.1 Å². The first kappa shape index (κ1) is 15.3. The highest BCUT2D eigenvalue weighted by atomic mass is 35.5. The van der Waals surface area contributed by atoms with Crippen molar-refractivity contribution in [2.24, 2.45) is 0 Å². The first-order valence-corrected chi connectivity index (χ1v) is 7.55. The normalized spacial score (nSPS) is 10.7. The summed E-state index contributed by atoms with van der Waals surface area (Å²) in [5.41, 5.74) is 1.85. The van der Waals surface area contributed by atoms with Crippen LogP contribution in [0.2, 0.25) is 5.15 Å². The summed E-state index contributed by atoms with van der Waals surface area (Å²) in [6.07, 6.45) is 1.55. The van der Waals surface area contributed by atoms with Crippen molar-refractivity contribution in [1.29, 1.82) is 0 Å². The van der Waals surface area contributed by atoms with Crippen LogP contribution >= 0.6 is 11.6 Å². The van der Waals surface area contributed by atoms with Gasteiger partial charge in [0.25, 0.3) is 5.91 Å². The van der Waals surface area contributed by atoms with Gasteiger partial charge < -0.3 is 10.1 Å². The maximum atomic E-state index is 12.2. The van der Waals surface area contributed by atoms with Gasteiger partial charge in [0, 0.05) is 6.54 Å². The molecule has 0 spiro atoms. The van der Waals surface area contributed by atoms with Crippen LogP contribution in [0.1, 0.15) is 23.0 Å². The maximum Gasteiger partial charge on any atom is 0.271 e. The van der Waals surface area contributed by atoms with Gasteiger partial charge in [0.2, 0.25) is 0 Å². The number of nitrogens with zero attached hydrogens (tertiary/aromatic N) is 3.